The quantitative estimate of drug-likeness (QED) is 0.474. The van der Waals surface area contributed by atoms with Gasteiger partial charge in [-0.1, -0.05) is 35.3 Å². The lowest BCUT2D eigenvalue weighted by atomic mass is 9.95. The van der Waals surface area contributed by atoms with E-state index in [-0.39, 0.29) is 11.3 Å². The Morgan fingerprint density at radius 1 is 1.09 bits per heavy atom. The standard InChI is InChI=1S/C24H22Cl2N2O4/c1-27(2)10-3-11-28-21(14-4-6-16(25)7-5-14)20(23(30)24(28)31)22(29)19-13-15-12-17(26)8-9-18(15)32-19/h4-9,12-13,21,30H,3,10-11H2,1-2H3. The van der Waals surface area contributed by atoms with Gasteiger partial charge in [0.05, 0.1) is 11.6 Å². The summed E-state index contributed by atoms with van der Waals surface area (Å²) in [6.45, 7) is 1.13. The number of Topliss-reactive ketones (excluding diaryl/α,β-unsaturated/α-hetero) is 1. The monoisotopic (exact) mass is 472 g/mol. The van der Waals surface area contributed by atoms with Crippen molar-refractivity contribution in [3.63, 3.8) is 0 Å². The van der Waals surface area contributed by atoms with E-state index in [9.17, 15) is 14.7 Å². The number of fused-ring (bicyclic) bond motifs is 1. The van der Waals surface area contributed by atoms with Gasteiger partial charge in [-0.15, -0.1) is 0 Å². The first-order chi connectivity index (χ1) is 15.3. The van der Waals surface area contributed by atoms with Crippen LogP contribution in [0.1, 0.15) is 28.6 Å². The van der Waals surface area contributed by atoms with Gasteiger partial charge in [0, 0.05) is 22.0 Å². The number of hydrogen-bond donors (Lipinski definition) is 1. The van der Waals surface area contributed by atoms with E-state index in [4.69, 9.17) is 27.6 Å². The second-order valence-electron chi connectivity index (χ2n) is 7.99. The molecule has 1 N–H and O–H groups in total. The molecule has 0 saturated carbocycles. The van der Waals surface area contributed by atoms with Gasteiger partial charge < -0.3 is 19.3 Å². The number of carbonyl (C=O) groups excluding carboxylic acids is 2. The molecule has 0 aliphatic carbocycles. The molecule has 1 amide bonds. The Bertz CT molecular complexity index is 1210. The highest BCUT2D eigenvalue weighted by Gasteiger charge is 2.44. The molecule has 4 rings (SSSR count). The third-order valence-corrected chi connectivity index (χ3v) is 5.93. The minimum atomic E-state index is -0.744. The molecule has 1 unspecified atom stereocenters. The fourth-order valence-electron chi connectivity index (χ4n) is 3.92. The Kier molecular flexibility index (Phi) is 6.29. The molecular formula is C24H22Cl2N2O4. The molecule has 2 aromatic carbocycles. The number of aliphatic hydroxyl groups is 1. The van der Waals surface area contributed by atoms with Crippen molar-refractivity contribution >= 4 is 45.9 Å². The van der Waals surface area contributed by atoms with Crippen LogP contribution in [0.25, 0.3) is 11.0 Å². The molecule has 0 saturated heterocycles. The molecule has 1 atom stereocenters. The van der Waals surface area contributed by atoms with Gasteiger partial charge in [0.25, 0.3) is 5.91 Å². The largest absolute Gasteiger partial charge is 0.503 e. The van der Waals surface area contributed by atoms with E-state index in [1.54, 1.807) is 48.5 Å². The summed E-state index contributed by atoms with van der Waals surface area (Å²) in [6, 6.07) is 12.8. The summed E-state index contributed by atoms with van der Waals surface area (Å²) < 4.78 is 5.72. The number of rotatable bonds is 7. The number of halogens is 2. The van der Waals surface area contributed by atoms with Gasteiger partial charge in [-0.3, -0.25) is 9.59 Å². The molecule has 32 heavy (non-hydrogen) atoms. The van der Waals surface area contributed by atoms with Gasteiger partial charge in [0.15, 0.2) is 11.5 Å². The van der Waals surface area contributed by atoms with Crippen LogP contribution in [0.15, 0.2) is 64.3 Å². The Morgan fingerprint density at radius 3 is 2.47 bits per heavy atom. The van der Waals surface area contributed by atoms with E-state index in [1.807, 2.05) is 19.0 Å². The summed E-state index contributed by atoms with van der Waals surface area (Å²) in [6.07, 6.45) is 0.681. The van der Waals surface area contributed by atoms with Crippen LogP contribution in [0.4, 0.5) is 0 Å². The Labute approximate surface area is 195 Å². The zero-order valence-electron chi connectivity index (χ0n) is 17.6. The Hall–Kier alpha value is -2.80. The van der Waals surface area contributed by atoms with Gasteiger partial charge in [-0.05, 0) is 69.0 Å². The molecule has 0 bridgehead atoms. The molecule has 1 aliphatic heterocycles. The highest BCUT2D eigenvalue weighted by atomic mass is 35.5. The maximum absolute atomic E-state index is 13.5. The van der Waals surface area contributed by atoms with Crippen LogP contribution in [0.2, 0.25) is 10.0 Å². The average molecular weight is 473 g/mol. The predicted octanol–water partition coefficient (Wildman–Crippen LogP) is 5.27. The molecule has 0 radical (unpaired) electrons. The van der Waals surface area contributed by atoms with Gasteiger partial charge in [0.1, 0.15) is 5.58 Å². The maximum Gasteiger partial charge on any atom is 0.290 e. The molecule has 3 aromatic rings. The SMILES string of the molecule is CN(C)CCCN1C(=O)C(O)=C(C(=O)c2cc3cc(Cl)ccc3o2)C1c1ccc(Cl)cc1. The minimum Gasteiger partial charge on any atom is -0.503 e. The summed E-state index contributed by atoms with van der Waals surface area (Å²) in [4.78, 5) is 30.0. The van der Waals surface area contributed by atoms with E-state index in [0.29, 0.717) is 39.5 Å². The molecule has 1 aliphatic rings. The van der Waals surface area contributed by atoms with E-state index in [0.717, 1.165) is 6.54 Å². The number of amides is 1. The third-order valence-electron chi connectivity index (χ3n) is 5.44. The molecule has 6 nitrogen and oxygen atoms in total. The number of ketones is 1. The lowest BCUT2D eigenvalue weighted by molar-refractivity contribution is -0.129. The van der Waals surface area contributed by atoms with Gasteiger partial charge in [-0.25, -0.2) is 0 Å². The van der Waals surface area contributed by atoms with E-state index in [2.05, 4.69) is 0 Å². The van der Waals surface area contributed by atoms with Crippen LogP contribution >= 0.6 is 23.2 Å². The highest BCUT2D eigenvalue weighted by molar-refractivity contribution is 6.31. The van der Waals surface area contributed by atoms with Gasteiger partial charge >= 0.3 is 0 Å². The van der Waals surface area contributed by atoms with E-state index >= 15 is 0 Å². The fraction of sp³-hybridized carbons (Fsp3) is 0.250. The number of benzene rings is 2. The lowest BCUT2D eigenvalue weighted by Crippen LogP contribution is -2.33. The molecule has 0 fully saturated rings. The highest BCUT2D eigenvalue weighted by Crippen LogP contribution is 2.40. The molecule has 0 spiro atoms. The molecule has 1 aromatic heterocycles. The van der Waals surface area contributed by atoms with Crippen LogP contribution in [0, 0.1) is 0 Å². The lowest BCUT2D eigenvalue weighted by Gasteiger charge is -2.27. The summed E-state index contributed by atoms with van der Waals surface area (Å²) in [7, 11) is 3.89. The maximum atomic E-state index is 13.5. The van der Waals surface area contributed by atoms with Crippen molar-refractivity contribution in [3.8, 4) is 0 Å². The molecule has 8 heteroatoms. The number of nitrogens with zero attached hydrogens (tertiary/aromatic N) is 2. The zero-order chi connectivity index (χ0) is 23.0. The number of carbonyl (C=O) groups is 2. The minimum absolute atomic E-state index is 0.00710. The predicted molar refractivity (Wildman–Crippen MR) is 124 cm³/mol. The van der Waals surface area contributed by atoms with Crippen LogP contribution < -0.4 is 0 Å². The summed E-state index contributed by atoms with van der Waals surface area (Å²) in [5, 5.41) is 12.5. The molecule has 166 valence electrons. The van der Waals surface area contributed by atoms with Gasteiger partial charge in [-0.2, -0.15) is 0 Å². The van der Waals surface area contributed by atoms with Crippen molar-refractivity contribution < 1.29 is 19.1 Å². The van der Waals surface area contributed by atoms with Crippen LogP contribution in [-0.2, 0) is 4.79 Å². The second-order valence-corrected chi connectivity index (χ2v) is 8.87. The second kappa shape index (κ2) is 8.98. The Morgan fingerprint density at radius 2 is 1.78 bits per heavy atom. The van der Waals surface area contributed by atoms with Crippen molar-refractivity contribution in [1.82, 2.24) is 9.80 Å². The van der Waals surface area contributed by atoms with Crippen molar-refractivity contribution in [3.05, 3.63) is 81.2 Å². The molecule has 2 heterocycles. The first-order valence-corrected chi connectivity index (χ1v) is 10.9. The summed E-state index contributed by atoms with van der Waals surface area (Å²) >= 11 is 12.1. The Balaban J connectivity index is 1.74. The average Bonchev–Trinajstić information content (AvgIpc) is 3.27. The first-order valence-electron chi connectivity index (χ1n) is 10.1. The fourth-order valence-corrected chi connectivity index (χ4v) is 4.23. The van der Waals surface area contributed by atoms with Gasteiger partial charge in [0.2, 0.25) is 5.78 Å². The molecular weight excluding hydrogens is 451 g/mol. The van der Waals surface area contributed by atoms with Crippen molar-refractivity contribution in [2.24, 2.45) is 0 Å². The first kappa shape index (κ1) is 22.4. The number of hydrogen-bond acceptors (Lipinski definition) is 5. The smallest absolute Gasteiger partial charge is 0.290 e. The summed E-state index contributed by atoms with van der Waals surface area (Å²) in [5.74, 6) is -1.64. The van der Waals surface area contributed by atoms with Crippen molar-refractivity contribution in [2.45, 2.75) is 12.5 Å². The van der Waals surface area contributed by atoms with Crippen LogP contribution in [0.3, 0.4) is 0 Å². The topological polar surface area (TPSA) is 74.0 Å². The number of furan rings is 1. The van der Waals surface area contributed by atoms with Crippen molar-refractivity contribution in [2.75, 3.05) is 27.2 Å². The van der Waals surface area contributed by atoms with E-state index < -0.39 is 23.5 Å². The van der Waals surface area contributed by atoms with Crippen molar-refractivity contribution in [1.29, 1.82) is 0 Å². The normalized spacial score (nSPS) is 16.6. The van der Waals surface area contributed by atoms with Crippen LogP contribution in [0.5, 0.6) is 0 Å². The number of aliphatic hydroxyl groups excluding tert-OH is 1. The van der Waals surface area contributed by atoms with Crippen LogP contribution in [-0.4, -0.2) is 53.8 Å². The third kappa shape index (κ3) is 4.26. The van der Waals surface area contributed by atoms with E-state index in [1.165, 1.54) is 4.90 Å². The zero-order valence-corrected chi connectivity index (χ0v) is 19.2. The summed E-state index contributed by atoms with van der Waals surface area (Å²) in [5.41, 5.74) is 1.17.